The highest BCUT2D eigenvalue weighted by atomic mass is 35.5. The van der Waals surface area contributed by atoms with E-state index in [-0.39, 0.29) is 24.8 Å². The van der Waals surface area contributed by atoms with Crippen LogP contribution in [0, 0.1) is 0 Å². The number of hydrazine groups is 2. The van der Waals surface area contributed by atoms with Gasteiger partial charge in [0.1, 0.15) is 0 Å². The van der Waals surface area contributed by atoms with E-state index in [1.54, 1.807) is 30.3 Å². The number of halogens is 1. The van der Waals surface area contributed by atoms with Crippen LogP contribution in [0.3, 0.4) is 0 Å². The summed E-state index contributed by atoms with van der Waals surface area (Å²) in [7, 11) is 0. The summed E-state index contributed by atoms with van der Waals surface area (Å²) in [4.78, 5) is 58.7. The summed E-state index contributed by atoms with van der Waals surface area (Å²) in [6, 6.07) is 14.3. The van der Waals surface area contributed by atoms with Gasteiger partial charge in [-0.25, -0.2) is 0 Å². The van der Waals surface area contributed by atoms with E-state index in [2.05, 4.69) is 21.7 Å². The van der Waals surface area contributed by atoms with E-state index in [0.717, 1.165) is 0 Å². The fourth-order valence-electron chi connectivity index (χ4n) is 2.30. The van der Waals surface area contributed by atoms with Gasteiger partial charge in [0.05, 0.1) is 0 Å². The third-order valence-electron chi connectivity index (χ3n) is 3.92. The van der Waals surface area contributed by atoms with Crippen LogP contribution in [0.1, 0.15) is 40.0 Å². The number of esters is 1. The Labute approximate surface area is 188 Å². The quantitative estimate of drug-likeness (QED) is 0.345. The third kappa shape index (κ3) is 8.84. The Kier molecular flexibility index (Phi) is 9.67. The molecule has 10 nitrogen and oxygen atoms in total. The Hall–Kier alpha value is -3.92. The van der Waals surface area contributed by atoms with E-state index in [0.29, 0.717) is 10.6 Å². The monoisotopic (exact) mass is 460 g/mol. The second kappa shape index (κ2) is 12.7. The number of nitrogens with one attached hydrogen (secondary N) is 4. The lowest BCUT2D eigenvalue weighted by molar-refractivity contribution is -0.148. The Bertz CT molecular complexity index is 966. The second-order valence-electron chi connectivity index (χ2n) is 6.39. The number of rotatable bonds is 8. The van der Waals surface area contributed by atoms with Crippen LogP contribution >= 0.6 is 11.6 Å². The van der Waals surface area contributed by atoms with E-state index >= 15 is 0 Å². The first-order valence-electron chi connectivity index (χ1n) is 9.50. The summed E-state index contributed by atoms with van der Waals surface area (Å²) in [6.07, 6.45) is 0.0127. The van der Waals surface area contributed by atoms with Crippen molar-refractivity contribution in [3.05, 3.63) is 70.7 Å². The van der Waals surface area contributed by atoms with Gasteiger partial charge in [0.2, 0.25) is 5.91 Å². The smallest absolute Gasteiger partial charge is 0.306 e. The van der Waals surface area contributed by atoms with Crippen molar-refractivity contribution in [3.63, 3.8) is 0 Å². The molecule has 0 aliphatic heterocycles. The molecule has 0 bridgehead atoms. The number of carbonyl (C=O) groups excluding carboxylic acids is 5. The van der Waals surface area contributed by atoms with Gasteiger partial charge in [0, 0.05) is 29.0 Å². The Morgan fingerprint density at radius 2 is 1.25 bits per heavy atom. The molecule has 168 valence electrons. The van der Waals surface area contributed by atoms with Crippen LogP contribution in [0.4, 0.5) is 0 Å². The van der Waals surface area contributed by atoms with Gasteiger partial charge < -0.3 is 4.74 Å². The van der Waals surface area contributed by atoms with Crippen LogP contribution in [0.5, 0.6) is 0 Å². The van der Waals surface area contributed by atoms with Gasteiger partial charge in [0.15, 0.2) is 6.61 Å². The Morgan fingerprint density at radius 3 is 1.88 bits per heavy atom. The predicted molar refractivity (Wildman–Crippen MR) is 114 cm³/mol. The van der Waals surface area contributed by atoms with Crippen LogP contribution in [-0.2, 0) is 19.1 Å². The second-order valence-corrected chi connectivity index (χ2v) is 6.83. The standard InChI is InChI=1S/C21H21ClN4O6/c22-16-11-9-15(10-12-16)21(31)26-24-18(28)13-32-19(29)8-4-7-17(27)23-25-20(30)14-5-2-1-3-6-14/h1-3,5-6,9-12H,4,7-8,13H2,(H,23,27)(H,24,28)(H,25,30)(H,26,31). The highest BCUT2D eigenvalue weighted by Gasteiger charge is 2.11. The van der Waals surface area contributed by atoms with Crippen molar-refractivity contribution < 1.29 is 28.7 Å². The first-order valence-corrected chi connectivity index (χ1v) is 9.87. The molecule has 0 heterocycles. The average Bonchev–Trinajstić information content (AvgIpc) is 2.80. The highest BCUT2D eigenvalue weighted by molar-refractivity contribution is 6.30. The van der Waals surface area contributed by atoms with Crippen molar-refractivity contribution >= 4 is 41.2 Å². The Balaban J connectivity index is 1.56. The summed E-state index contributed by atoms with van der Waals surface area (Å²) in [6.45, 7) is -0.598. The lowest BCUT2D eigenvalue weighted by atomic mass is 10.2. The highest BCUT2D eigenvalue weighted by Crippen LogP contribution is 2.09. The first kappa shape index (κ1) is 24.4. The van der Waals surface area contributed by atoms with Gasteiger partial charge >= 0.3 is 5.97 Å². The number of amides is 4. The number of benzene rings is 2. The van der Waals surface area contributed by atoms with Crippen LogP contribution < -0.4 is 21.7 Å². The van der Waals surface area contributed by atoms with Crippen molar-refractivity contribution in [1.82, 2.24) is 21.7 Å². The molecule has 2 rings (SSSR count). The topological polar surface area (TPSA) is 143 Å². The Morgan fingerprint density at radius 1 is 0.688 bits per heavy atom. The van der Waals surface area contributed by atoms with Crippen molar-refractivity contribution in [2.45, 2.75) is 19.3 Å². The minimum Gasteiger partial charge on any atom is -0.455 e. The fourth-order valence-corrected chi connectivity index (χ4v) is 2.42. The molecule has 0 aliphatic carbocycles. The summed E-state index contributed by atoms with van der Waals surface area (Å²) < 4.78 is 4.77. The van der Waals surface area contributed by atoms with Crippen LogP contribution in [0.25, 0.3) is 0 Å². The predicted octanol–water partition coefficient (Wildman–Crippen LogP) is 1.28. The number of ether oxygens (including phenoxy) is 1. The number of hydrogen-bond donors (Lipinski definition) is 4. The lowest BCUT2D eigenvalue weighted by Gasteiger charge is -2.09. The van der Waals surface area contributed by atoms with E-state index in [1.165, 1.54) is 24.3 Å². The van der Waals surface area contributed by atoms with E-state index in [1.807, 2.05) is 0 Å². The van der Waals surface area contributed by atoms with E-state index in [9.17, 15) is 24.0 Å². The molecule has 0 fully saturated rings. The normalized spacial score (nSPS) is 9.91. The molecule has 0 radical (unpaired) electrons. The SMILES string of the molecule is O=C(CCCC(=O)OCC(=O)NNC(=O)c1ccc(Cl)cc1)NNC(=O)c1ccccc1. The van der Waals surface area contributed by atoms with Crippen LogP contribution in [0.2, 0.25) is 5.02 Å². The summed E-state index contributed by atoms with van der Waals surface area (Å²) in [5.41, 5.74) is 9.47. The summed E-state index contributed by atoms with van der Waals surface area (Å²) in [5.74, 6) is -2.93. The maximum atomic E-state index is 11.8. The molecule has 4 N–H and O–H groups in total. The van der Waals surface area contributed by atoms with Crippen LogP contribution in [0.15, 0.2) is 54.6 Å². The molecular weight excluding hydrogens is 440 g/mol. The largest absolute Gasteiger partial charge is 0.455 e. The molecule has 11 heteroatoms. The third-order valence-corrected chi connectivity index (χ3v) is 4.17. The maximum Gasteiger partial charge on any atom is 0.306 e. The molecule has 0 atom stereocenters. The molecule has 0 spiro atoms. The molecule has 0 saturated carbocycles. The molecular formula is C21H21ClN4O6. The van der Waals surface area contributed by atoms with Crippen molar-refractivity contribution in [2.24, 2.45) is 0 Å². The molecule has 0 aliphatic rings. The zero-order chi connectivity index (χ0) is 23.3. The van der Waals surface area contributed by atoms with Gasteiger partial charge in [-0.1, -0.05) is 29.8 Å². The van der Waals surface area contributed by atoms with Crippen molar-refractivity contribution in [1.29, 1.82) is 0 Å². The van der Waals surface area contributed by atoms with Gasteiger partial charge in [-0.15, -0.1) is 0 Å². The van der Waals surface area contributed by atoms with Gasteiger partial charge in [-0.05, 0) is 42.8 Å². The zero-order valence-corrected chi connectivity index (χ0v) is 17.6. The summed E-state index contributed by atoms with van der Waals surface area (Å²) in [5, 5.41) is 0.465. The van der Waals surface area contributed by atoms with E-state index < -0.39 is 36.2 Å². The van der Waals surface area contributed by atoms with Crippen LogP contribution in [-0.4, -0.2) is 36.2 Å². The van der Waals surface area contributed by atoms with Gasteiger partial charge in [-0.2, -0.15) is 0 Å². The van der Waals surface area contributed by atoms with Crippen molar-refractivity contribution in [3.8, 4) is 0 Å². The summed E-state index contributed by atoms with van der Waals surface area (Å²) >= 11 is 5.73. The zero-order valence-electron chi connectivity index (χ0n) is 16.9. The average molecular weight is 461 g/mol. The molecule has 0 saturated heterocycles. The lowest BCUT2D eigenvalue weighted by Crippen LogP contribution is -2.43. The minimum atomic E-state index is -0.734. The molecule has 0 aromatic heterocycles. The molecule has 0 unspecified atom stereocenters. The minimum absolute atomic E-state index is 0.0342. The van der Waals surface area contributed by atoms with Gasteiger partial charge in [-0.3, -0.25) is 45.7 Å². The first-order chi connectivity index (χ1) is 15.3. The molecule has 32 heavy (non-hydrogen) atoms. The molecule has 2 aromatic carbocycles. The van der Waals surface area contributed by atoms with Crippen molar-refractivity contribution in [2.75, 3.05) is 6.61 Å². The molecule has 4 amide bonds. The number of carbonyl (C=O) groups is 5. The fraction of sp³-hybridized carbons (Fsp3) is 0.190. The van der Waals surface area contributed by atoms with E-state index in [4.69, 9.17) is 16.3 Å². The maximum absolute atomic E-state index is 11.8. The number of hydrogen-bond acceptors (Lipinski definition) is 6. The van der Waals surface area contributed by atoms with Gasteiger partial charge in [0.25, 0.3) is 17.7 Å². The molecule has 2 aromatic rings.